The van der Waals surface area contributed by atoms with Gasteiger partial charge in [0.1, 0.15) is 0 Å². The fourth-order valence-corrected chi connectivity index (χ4v) is 1.87. The number of ether oxygens (including phenoxy) is 1. The van der Waals surface area contributed by atoms with Gasteiger partial charge >= 0.3 is 5.97 Å². The SMILES string of the molecule is CCCN(CC(C)C(=O)OC)C1CNC1. The molecule has 0 bridgehead atoms. The number of rotatable bonds is 6. The maximum absolute atomic E-state index is 11.3. The Balaban J connectivity index is 2.38. The van der Waals surface area contributed by atoms with Gasteiger partial charge in [0.2, 0.25) is 0 Å². The van der Waals surface area contributed by atoms with Crippen LogP contribution in [-0.2, 0) is 9.53 Å². The van der Waals surface area contributed by atoms with E-state index in [0.29, 0.717) is 6.04 Å². The second-order valence-corrected chi connectivity index (χ2v) is 4.23. The number of carbonyl (C=O) groups is 1. The Morgan fingerprint density at radius 3 is 2.67 bits per heavy atom. The van der Waals surface area contributed by atoms with E-state index in [1.165, 1.54) is 7.11 Å². The minimum atomic E-state index is -0.108. The number of methoxy groups -OCH3 is 1. The normalized spacial score (nSPS) is 18.7. The Hall–Kier alpha value is -0.610. The van der Waals surface area contributed by atoms with Gasteiger partial charge in [0.05, 0.1) is 13.0 Å². The summed E-state index contributed by atoms with van der Waals surface area (Å²) < 4.78 is 4.74. The molecular weight excluding hydrogens is 192 g/mol. The first kappa shape index (κ1) is 12.5. The molecule has 0 spiro atoms. The van der Waals surface area contributed by atoms with Crippen molar-refractivity contribution >= 4 is 5.97 Å². The first-order valence-electron chi connectivity index (χ1n) is 5.71. The fraction of sp³-hybridized carbons (Fsp3) is 0.909. The Kier molecular flexibility index (Phi) is 5.05. The molecule has 0 aromatic rings. The van der Waals surface area contributed by atoms with E-state index in [1.807, 2.05) is 6.92 Å². The predicted octanol–water partition coefficient (Wildman–Crippen LogP) is 0.479. The maximum atomic E-state index is 11.3. The van der Waals surface area contributed by atoms with Crippen LogP contribution in [0.15, 0.2) is 0 Å². The van der Waals surface area contributed by atoms with Crippen LogP contribution >= 0.6 is 0 Å². The van der Waals surface area contributed by atoms with Crippen molar-refractivity contribution in [2.45, 2.75) is 26.3 Å². The Morgan fingerprint density at radius 2 is 2.27 bits per heavy atom. The lowest BCUT2D eigenvalue weighted by molar-refractivity contribution is -0.145. The van der Waals surface area contributed by atoms with Crippen LogP contribution in [0.5, 0.6) is 0 Å². The Bertz CT molecular complexity index is 205. The Morgan fingerprint density at radius 1 is 1.60 bits per heavy atom. The quantitative estimate of drug-likeness (QED) is 0.653. The molecule has 1 N–H and O–H groups in total. The first-order chi connectivity index (χ1) is 7.19. The van der Waals surface area contributed by atoms with E-state index in [1.54, 1.807) is 0 Å². The van der Waals surface area contributed by atoms with E-state index in [9.17, 15) is 4.79 Å². The number of esters is 1. The van der Waals surface area contributed by atoms with Crippen molar-refractivity contribution in [2.24, 2.45) is 5.92 Å². The summed E-state index contributed by atoms with van der Waals surface area (Å²) in [5.74, 6) is -0.134. The molecule has 1 atom stereocenters. The molecule has 1 saturated heterocycles. The average Bonchev–Trinajstić information content (AvgIpc) is 2.14. The molecule has 15 heavy (non-hydrogen) atoms. The molecule has 0 radical (unpaired) electrons. The van der Waals surface area contributed by atoms with Crippen molar-refractivity contribution < 1.29 is 9.53 Å². The van der Waals surface area contributed by atoms with Crippen molar-refractivity contribution in [1.29, 1.82) is 0 Å². The van der Waals surface area contributed by atoms with Gasteiger partial charge in [0.15, 0.2) is 0 Å². The molecule has 1 heterocycles. The zero-order valence-electron chi connectivity index (χ0n) is 9.95. The molecule has 0 aromatic carbocycles. The van der Waals surface area contributed by atoms with Crippen molar-refractivity contribution in [1.82, 2.24) is 10.2 Å². The minimum Gasteiger partial charge on any atom is -0.469 e. The molecule has 1 unspecified atom stereocenters. The summed E-state index contributed by atoms with van der Waals surface area (Å²) in [6.45, 7) is 8.07. The molecule has 1 rings (SSSR count). The zero-order valence-corrected chi connectivity index (χ0v) is 9.95. The van der Waals surface area contributed by atoms with E-state index in [-0.39, 0.29) is 11.9 Å². The van der Waals surface area contributed by atoms with Gasteiger partial charge in [-0.2, -0.15) is 0 Å². The highest BCUT2D eigenvalue weighted by Crippen LogP contribution is 2.10. The molecule has 4 nitrogen and oxygen atoms in total. The lowest BCUT2D eigenvalue weighted by atomic mass is 10.1. The highest BCUT2D eigenvalue weighted by molar-refractivity contribution is 5.72. The molecule has 4 heteroatoms. The summed E-state index contributed by atoms with van der Waals surface area (Å²) in [4.78, 5) is 13.7. The number of nitrogens with one attached hydrogen (secondary N) is 1. The van der Waals surface area contributed by atoms with E-state index in [0.717, 1.165) is 32.6 Å². The summed E-state index contributed by atoms with van der Waals surface area (Å²) in [5, 5.41) is 3.26. The number of hydrogen-bond acceptors (Lipinski definition) is 4. The molecule has 0 aromatic heterocycles. The van der Waals surface area contributed by atoms with Gasteiger partial charge in [-0.25, -0.2) is 0 Å². The smallest absolute Gasteiger partial charge is 0.309 e. The average molecular weight is 214 g/mol. The lowest BCUT2D eigenvalue weighted by Gasteiger charge is -2.39. The van der Waals surface area contributed by atoms with Gasteiger partial charge in [-0.3, -0.25) is 9.69 Å². The van der Waals surface area contributed by atoms with Crippen molar-refractivity contribution in [3.8, 4) is 0 Å². The largest absolute Gasteiger partial charge is 0.469 e. The zero-order chi connectivity index (χ0) is 11.3. The van der Waals surface area contributed by atoms with Gasteiger partial charge in [-0.1, -0.05) is 13.8 Å². The third-order valence-electron chi connectivity index (χ3n) is 2.90. The third kappa shape index (κ3) is 3.47. The molecule has 0 amide bonds. The van der Waals surface area contributed by atoms with E-state index >= 15 is 0 Å². The molecular formula is C11H22N2O2. The molecule has 88 valence electrons. The van der Waals surface area contributed by atoms with Crippen LogP contribution < -0.4 is 5.32 Å². The van der Waals surface area contributed by atoms with Gasteiger partial charge in [-0.15, -0.1) is 0 Å². The summed E-state index contributed by atoms with van der Waals surface area (Å²) in [7, 11) is 1.45. The standard InChI is InChI=1S/C11H22N2O2/c1-4-5-13(10-6-12-7-10)8-9(2)11(14)15-3/h9-10,12H,4-8H2,1-3H3. The van der Waals surface area contributed by atoms with Crippen LogP contribution in [0, 0.1) is 5.92 Å². The van der Waals surface area contributed by atoms with E-state index < -0.39 is 0 Å². The number of carbonyl (C=O) groups excluding carboxylic acids is 1. The minimum absolute atomic E-state index is 0.0258. The first-order valence-corrected chi connectivity index (χ1v) is 5.71. The van der Waals surface area contributed by atoms with E-state index in [4.69, 9.17) is 4.74 Å². The van der Waals surface area contributed by atoms with Crippen LogP contribution in [0.3, 0.4) is 0 Å². The van der Waals surface area contributed by atoms with Crippen LogP contribution in [0.4, 0.5) is 0 Å². The molecule has 1 aliphatic heterocycles. The molecule has 1 aliphatic rings. The third-order valence-corrected chi connectivity index (χ3v) is 2.90. The summed E-state index contributed by atoms with van der Waals surface area (Å²) >= 11 is 0. The molecule has 1 fully saturated rings. The molecule has 0 aliphatic carbocycles. The highest BCUT2D eigenvalue weighted by Gasteiger charge is 2.26. The highest BCUT2D eigenvalue weighted by atomic mass is 16.5. The Labute approximate surface area is 92.0 Å². The van der Waals surface area contributed by atoms with Crippen molar-refractivity contribution in [2.75, 3.05) is 33.3 Å². The molecule has 0 saturated carbocycles. The van der Waals surface area contributed by atoms with Gasteiger partial charge in [0.25, 0.3) is 0 Å². The van der Waals surface area contributed by atoms with Crippen LogP contribution in [-0.4, -0.2) is 50.2 Å². The second kappa shape index (κ2) is 6.08. The summed E-state index contributed by atoms with van der Waals surface area (Å²) in [6, 6.07) is 0.608. The fourth-order valence-electron chi connectivity index (χ4n) is 1.87. The predicted molar refractivity (Wildman–Crippen MR) is 59.7 cm³/mol. The van der Waals surface area contributed by atoms with Crippen LogP contribution in [0.1, 0.15) is 20.3 Å². The van der Waals surface area contributed by atoms with Crippen LogP contribution in [0.2, 0.25) is 0 Å². The second-order valence-electron chi connectivity index (χ2n) is 4.23. The number of hydrogen-bond donors (Lipinski definition) is 1. The lowest BCUT2D eigenvalue weighted by Crippen LogP contribution is -2.58. The van der Waals surface area contributed by atoms with Gasteiger partial charge < -0.3 is 10.1 Å². The van der Waals surface area contributed by atoms with Crippen molar-refractivity contribution in [3.05, 3.63) is 0 Å². The van der Waals surface area contributed by atoms with Crippen molar-refractivity contribution in [3.63, 3.8) is 0 Å². The van der Waals surface area contributed by atoms with Gasteiger partial charge in [-0.05, 0) is 13.0 Å². The van der Waals surface area contributed by atoms with Gasteiger partial charge in [0, 0.05) is 25.7 Å². The topological polar surface area (TPSA) is 41.6 Å². The maximum Gasteiger partial charge on any atom is 0.309 e. The summed E-state index contributed by atoms with van der Waals surface area (Å²) in [6.07, 6.45) is 1.13. The monoisotopic (exact) mass is 214 g/mol. The van der Waals surface area contributed by atoms with Crippen LogP contribution in [0.25, 0.3) is 0 Å². The number of nitrogens with zero attached hydrogens (tertiary/aromatic N) is 1. The van der Waals surface area contributed by atoms with E-state index in [2.05, 4.69) is 17.1 Å². The summed E-state index contributed by atoms with van der Waals surface area (Å²) in [5.41, 5.74) is 0.